The van der Waals surface area contributed by atoms with Crippen LogP contribution in [0.25, 0.3) is 5.69 Å². The van der Waals surface area contributed by atoms with Gasteiger partial charge >= 0.3 is 6.18 Å². The van der Waals surface area contributed by atoms with Crippen LogP contribution in [0.3, 0.4) is 0 Å². The Kier molecular flexibility index (Phi) is 5.84. The number of rotatable bonds is 6. The molecule has 1 amide bonds. The normalized spacial score (nSPS) is 11.3. The molecule has 1 heterocycles. The molecule has 1 aromatic heterocycles. The molecule has 0 atom stereocenters. The van der Waals surface area contributed by atoms with Crippen LogP contribution in [0.4, 0.5) is 13.2 Å². The lowest BCUT2D eigenvalue weighted by molar-refractivity contribution is -0.137. The highest BCUT2D eigenvalue weighted by molar-refractivity contribution is 6.32. The predicted molar refractivity (Wildman–Crippen MR) is 95.6 cm³/mol. The number of carbonyl (C=O) groups excluding carboxylic acids is 1. The molecule has 28 heavy (non-hydrogen) atoms. The van der Waals surface area contributed by atoms with Crippen LogP contribution in [-0.2, 0) is 6.18 Å². The summed E-state index contributed by atoms with van der Waals surface area (Å²) in [5.41, 5.74) is -0.159. The molecular weight excluding hydrogens is 397 g/mol. The van der Waals surface area contributed by atoms with Crippen molar-refractivity contribution in [2.45, 2.75) is 6.18 Å². The second-order valence-corrected chi connectivity index (χ2v) is 6.04. The van der Waals surface area contributed by atoms with E-state index in [4.69, 9.17) is 16.3 Å². The number of nitrogens with one attached hydrogen (secondary N) is 1. The van der Waals surface area contributed by atoms with E-state index in [2.05, 4.69) is 15.6 Å². The van der Waals surface area contributed by atoms with E-state index in [0.29, 0.717) is 10.7 Å². The Morgan fingerprint density at radius 3 is 2.71 bits per heavy atom. The fourth-order valence-electron chi connectivity index (χ4n) is 2.31. The van der Waals surface area contributed by atoms with E-state index >= 15 is 0 Å². The molecule has 0 saturated heterocycles. The number of nitrogens with zero attached hydrogens (tertiary/aromatic N) is 3. The molecule has 0 spiro atoms. The largest absolute Gasteiger partial charge is 0.492 e. The number of aromatic nitrogens is 3. The molecule has 0 aliphatic carbocycles. The number of hydrogen-bond acceptors (Lipinski definition) is 4. The molecule has 2 aromatic carbocycles. The quantitative estimate of drug-likeness (QED) is 0.628. The number of para-hydroxylation sites is 1. The molecule has 0 fully saturated rings. The predicted octanol–water partition coefficient (Wildman–Crippen LogP) is 3.75. The van der Waals surface area contributed by atoms with E-state index in [1.165, 1.54) is 23.0 Å². The maximum Gasteiger partial charge on any atom is 0.416 e. The minimum absolute atomic E-state index is 0.00823. The summed E-state index contributed by atoms with van der Waals surface area (Å²) in [7, 11) is 0. The van der Waals surface area contributed by atoms with E-state index in [1.54, 1.807) is 24.3 Å². The summed E-state index contributed by atoms with van der Waals surface area (Å²) >= 11 is 6.07. The number of amides is 1. The number of carbonyl (C=O) groups is 1. The third kappa shape index (κ3) is 4.80. The van der Waals surface area contributed by atoms with E-state index in [0.717, 1.165) is 12.1 Å². The highest BCUT2D eigenvalue weighted by Crippen LogP contribution is 2.31. The summed E-state index contributed by atoms with van der Waals surface area (Å²) in [6.45, 7) is 0.0692. The summed E-state index contributed by atoms with van der Waals surface area (Å²) in [6.07, 6.45) is -3.02. The van der Waals surface area contributed by atoms with Crippen LogP contribution in [0.15, 0.2) is 54.7 Å². The average molecular weight is 411 g/mol. The van der Waals surface area contributed by atoms with Gasteiger partial charge in [0.1, 0.15) is 12.4 Å². The highest BCUT2D eigenvalue weighted by Gasteiger charge is 2.30. The Hall–Kier alpha value is -3.07. The van der Waals surface area contributed by atoms with Crippen LogP contribution in [0.2, 0.25) is 5.02 Å². The number of hydrogen-bond donors (Lipinski definition) is 1. The van der Waals surface area contributed by atoms with Crippen molar-refractivity contribution in [3.8, 4) is 11.4 Å². The van der Waals surface area contributed by atoms with Crippen LogP contribution in [-0.4, -0.2) is 34.1 Å². The zero-order valence-electron chi connectivity index (χ0n) is 14.3. The Balaban J connectivity index is 1.52. The molecule has 0 unspecified atom stereocenters. The first-order valence-electron chi connectivity index (χ1n) is 8.10. The van der Waals surface area contributed by atoms with Crippen molar-refractivity contribution in [1.82, 2.24) is 20.3 Å². The SMILES string of the molecule is O=C(NCCOc1cccc(C(F)(F)F)c1)c1cn(-c2ccccc2Cl)nn1. The molecule has 1 N–H and O–H groups in total. The smallest absolute Gasteiger partial charge is 0.416 e. The zero-order valence-corrected chi connectivity index (χ0v) is 15.0. The Morgan fingerprint density at radius 1 is 1.18 bits per heavy atom. The summed E-state index contributed by atoms with van der Waals surface area (Å²) in [5.74, 6) is -0.431. The summed E-state index contributed by atoms with van der Waals surface area (Å²) in [5, 5.41) is 10.7. The van der Waals surface area contributed by atoms with E-state index in [9.17, 15) is 18.0 Å². The standard InChI is InChI=1S/C18H14ClF3N4O2/c19-14-6-1-2-7-16(14)26-11-15(24-25-26)17(27)23-8-9-28-13-5-3-4-12(10-13)18(20,21)22/h1-7,10-11H,8-9H2,(H,23,27). The van der Waals surface area contributed by atoms with E-state index in [1.807, 2.05) is 0 Å². The van der Waals surface area contributed by atoms with Crippen molar-refractivity contribution in [2.75, 3.05) is 13.2 Å². The molecule has 0 radical (unpaired) electrons. The van der Waals surface area contributed by atoms with Crippen LogP contribution in [0.1, 0.15) is 16.1 Å². The second-order valence-electron chi connectivity index (χ2n) is 5.63. The van der Waals surface area contributed by atoms with Crippen molar-refractivity contribution in [1.29, 1.82) is 0 Å². The van der Waals surface area contributed by atoms with Gasteiger partial charge < -0.3 is 10.1 Å². The van der Waals surface area contributed by atoms with Gasteiger partial charge in [0, 0.05) is 0 Å². The molecule has 3 rings (SSSR count). The summed E-state index contributed by atoms with van der Waals surface area (Å²) < 4.78 is 44.6. The van der Waals surface area contributed by atoms with Gasteiger partial charge in [-0.05, 0) is 30.3 Å². The van der Waals surface area contributed by atoms with Crippen LogP contribution in [0.5, 0.6) is 5.75 Å². The van der Waals surface area contributed by atoms with Crippen molar-refractivity contribution in [3.05, 3.63) is 71.0 Å². The first-order chi connectivity index (χ1) is 13.3. The summed E-state index contributed by atoms with van der Waals surface area (Å²) in [6, 6.07) is 11.5. The molecule has 0 bridgehead atoms. The third-order valence-corrected chi connectivity index (χ3v) is 3.96. The van der Waals surface area contributed by atoms with E-state index in [-0.39, 0.29) is 24.6 Å². The van der Waals surface area contributed by atoms with Gasteiger partial charge in [0.25, 0.3) is 5.91 Å². The third-order valence-electron chi connectivity index (χ3n) is 3.64. The Morgan fingerprint density at radius 2 is 1.96 bits per heavy atom. The number of benzene rings is 2. The zero-order chi connectivity index (χ0) is 20.1. The topological polar surface area (TPSA) is 69.0 Å². The highest BCUT2D eigenvalue weighted by atomic mass is 35.5. The van der Waals surface area contributed by atoms with Crippen molar-refractivity contribution < 1.29 is 22.7 Å². The van der Waals surface area contributed by atoms with Gasteiger partial charge in [-0.15, -0.1) is 5.10 Å². The lowest BCUT2D eigenvalue weighted by Crippen LogP contribution is -2.28. The van der Waals surface area contributed by atoms with Gasteiger partial charge in [-0.1, -0.05) is 35.0 Å². The Bertz CT molecular complexity index is 975. The minimum atomic E-state index is -4.44. The number of ether oxygens (including phenoxy) is 1. The van der Waals surface area contributed by atoms with Gasteiger partial charge in [-0.3, -0.25) is 4.79 Å². The van der Waals surface area contributed by atoms with Crippen molar-refractivity contribution in [2.24, 2.45) is 0 Å². The second kappa shape index (κ2) is 8.30. The van der Waals surface area contributed by atoms with Crippen LogP contribution < -0.4 is 10.1 Å². The van der Waals surface area contributed by atoms with E-state index < -0.39 is 17.6 Å². The monoisotopic (exact) mass is 410 g/mol. The lowest BCUT2D eigenvalue weighted by Gasteiger charge is -2.10. The molecular formula is C18H14ClF3N4O2. The van der Waals surface area contributed by atoms with Crippen molar-refractivity contribution >= 4 is 17.5 Å². The van der Waals surface area contributed by atoms with Gasteiger partial charge in [0.15, 0.2) is 5.69 Å². The molecule has 3 aromatic rings. The maximum absolute atomic E-state index is 12.7. The van der Waals surface area contributed by atoms with Gasteiger partial charge in [-0.2, -0.15) is 13.2 Å². The molecule has 10 heteroatoms. The fourth-order valence-corrected chi connectivity index (χ4v) is 2.53. The average Bonchev–Trinajstić information content (AvgIpc) is 3.15. The lowest BCUT2D eigenvalue weighted by atomic mass is 10.2. The molecule has 0 saturated carbocycles. The fraction of sp³-hybridized carbons (Fsp3) is 0.167. The van der Waals surface area contributed by atoms with Gasteiger partial charge in [-0.25, -0.2) is 4.68 Å². The molecule has 0 aliphatic heterocycles. The molecule has 146 valence electrons. The van der Waals surface area contributed by atoms with Crippen LogP contribution >= 0.6 is 11.6 Å². The summed E-state index contributed by atoms with van der Waals surface area (Å²) in [4.78, 5) is 12.1. The first kappa shape index (κ1) is 19.7. The molecule has 6 nitrogen and oxygen atoms in total. The minimum Gasteiger partial charge on any atom is -0.492 e. The van der Waals surface area contributed by atoms with Gasteiger partial charge in [0.2, 0.25) is 0 Å². The molecule has 0 aliphatic rings. The number of halogens is 4. The first-order valence-corrected chi connectivity index (χ1v) is 8.48. The maximum atomic E-state index is 12.7. The number of alkyl halides is 3. The Labute approximate surface area is 162 Å². The van der Waals surface area contributed by atoms with Crippen LogP contribution in [0, 0.1) is 0 Å². The van der Waals surface area contributed by atoms with Crippen molar-refractivity contribution in [3.63, 3.8) is 0 Å². The van der Waals surface area contributed by atoms with Gasteiger partial charge in [0.05, 0.1) is 29.0 Å².